The van der Waals surface area contributed by atoms with Gasteiger partial charge in [-0.15, -0.1) is 0 Å². The van der Waals surface area contributed by atoms with Gasteiger partial charge in [0.25, 0.3) is 0 Å². The minimum atomic E-state index is 0.798. The Morgan fingerprint density at radius 3 is 3.00 bits per heavy atom. The molecule has 0 N–H and O–H groups in total. The van der Waals surface area contributed by atoms with Crippen molar-refractivity contribution in [3.63, 3.8) is 0 Å². The summed E-state index contributed by atoms with van der Waals surface area (Å²) in [7, 11) is 0. The molecule has 0 saturated heterocycles. The summed E-state index contributed by atoms with van der Waals surface area (Å²) in [5.74, 6) is 0. The van der Waals surface area contributed by atoms with Crippen molar-refractivity contribution in [2.24, 2.45) is 0 Å². The fourth-order valence-corrected chi connectivity index (χ4v) is 1.71. The number of hydrogen-bond donors (Lipinski definition) is 0. The summed E-state index contributed by atoms with van der Waals surface area (Å²) >= 11 is 3.38. The van der Waals surface area contributed by atoms with Crippen LogP contribution in [0, 0.1) is 6.92 Å². The lowest BCUT2D eigenvalue weighted by molar-refractivity contribution is 0.787. The summed E-state index contributed by atoms with van der Waals surface area (Å²) in [6.07, 6.45) is 7.62. The Bertz CT molecular complexity index is 451. The number of imidazole rings is 1. The highest BCUT2D eigenvalue weighted by molar-refractivity contribution is 9.08. The second-order valence-corrected chi connectivity index (χ2v) is 4.03. The van der Waals surface area contributed by atoms with Crippen LogP contribution < -0.4 is 0 Å². The van der Waals surface area contributed by atoms with Gasteiger partial charge in [-0.3, -0.25) is 4.98 Å². The van der Waals surface area contributed by atoms with Crippen molar-refractivity contribution in [2.45, 2.75) is 18.8 Å². The van der Waals surface area contributed by atoms with Gasteiger partial charge in [-0.2, -0.15) is 0 Å². The van der Waals surface area contributed by atoms with Crippen LogP contribution >= 0.6 is 15.9 Å². The number of pyridine rings is 1. The van der Waals surface area contributed by atoms with Crippen LogP contribution in [0.2, 0.25) is 0 Å². The second kappa shape index (κ2) is 4.57. The van der Waals surface area contributed by atoms with E-state index >= 15 is 0 Å². The van der Waals surface area contributed by atoms with Gasteiger partial charge in [0.05, 0.1) is 18.6 Å². The maximum Gasteiger partial charge on any atom is 0.0952 e. The van der Waals surface area contributed by atoms with Crippen molar-refractivity contribution in [1.29, 1.82) is 0 Å². The summed E-state index contributed by atoms with van der Waals surface area (Å²) in [6, 6.07) is 2.03. The Kier molecular flexibility index (Phi) is 3.16. The molecule has 15 heavy (non-hydrogen) atoms. The molecule has 0 amide bonds. The number of aromatic nitrogens is 3. The van der Waals surface area contributed by atoms with Gasteiger partial charge in [-0.1, -0.05) is 15.9 Å². The molecule has 0 unspecified atom stereocenters. The summed E-state index contributed by atoms with van der Waals surface area (Å²) in [4.78, 5) is 8.38. The van der Waals surface area contributed by atoms with Crippen molar-refractivity contribution in [1.82, 2.24) is 14.5 Å². The van der Waals surface area contributed by atoms with E-state index in [9.17, 15) is 0 Å². The predicted octanol–water partition coefficient (Wildman–Crippen LogP) is 2.53. The van der Waals surface area contributed by atoms with E-state index in [0.29, 0.717) is 0 Å². The van der Waals surface area contributed by atoms with Crippen LogP contribution in [0.5, 0.6) is 0 Å². The number of rotatable bonds is 3. The Morgan fingerprint density at radius 2 is 2.33 bits per heavy atom. The normalized spacial score (nSPS) is 10.5. The van der Waals surface area contributed by atoms with E-state index in [1.54, 1.807) is 0 Å². The molecule has 0 spiro atoms. The first kappa shape index (κ1) is 10.4. The highest BCUT2D eigenvalue weighted by Crippen LogP contribution is 2.09. The Morgan fingerprint density at radius 1 is 1.47 bits per heavy atom. The fraction of sp³-hybridized carbons (Fsp3) is 0.273. The molecule has 2 rings (SSSR count). The molecular formula is C11H12BrN3. The summed E-state index contributed by atoms with van der Waals surface area (Å²) < 4.78 is 2.07. The smallest absolute Gasteiger partial charge is 0.0952 e. The maximum absolute atomic E-state index is 4.26. The van der Waals surface area contributed by atoms with Gasteiger partial charge >= 0.3 is 0 Å². The van der Waals surface area contributed by atoms with Crippen molar-refractivity contribution in [3.05, 3.63) is 47.8 Å². The SMILES string of the molecule is Cc1ccncc1Cn1cnc(CBr)c1. The average Bonchev–Trinajstić information content (AvgIpc) is 2.69. The molecule has 2 aromatic heterocycles. The number of halogens is 1. The molecule has 2 aromatic rings. The van der Waals surface area contributed by atoms with Crippen LogP contribution in [0.15, 0.2) is 31.0 Å². The number of aryl methyl sites for hydroxylation is 1. The summed E-state index contributed by atoms with van der Waals surface area (Å²) in [5, 5.41) is 0.798. The largest absolute Gasteiger partial charge is 0.333 e. The van der Waals surface area contributed by atoms with Crippen molar-refractivity contribution < 1.29 is 0 Å². The van der Waals surface area contributed by atoms with E-state index in [2.05, 4.69) is 37.4 Å². The van der Waals surface area contributed by atoms with E-state index in [0.717, 1.165) is 17.6 Å². The van der Waals surface area contributed by atoms with Gasteiger partial charge in [-0.25, -0.2) is 4.98 Å². The van der Waals surface area contributed by atoms with Crippen molar-refractivity contribution >= 4 is 15.9 Å². The minimum absolute atomic E-state index is 0.798. The third kappa shape index (κ3) is 2.45. The molecule has 0 aliphatic heterocycles. The Labute approximate surface area is 97.3 Å². The van der Waals surface area contributed by atoms with Gasteiger partial charge in [0.2, 0.25) is 0 Å². The maximum atomic E-state index is 4.26. The molecule has 78 valence electrons. The highest BCUT2D eigenvalue weighted by Gasteiger charge is 2.00. The third-order valence-corrected chi connectivity index (χ3v) is 2.90. The Balaban J connectivity index is 2.18. The van der Waals surface area contributed by atoms with Crippen LogP contribution in [0.3, 0.4) is 0 Å². The molecule has 0 radical (unpaired) electrons. The van der Waals surface area contributed by atoms with Crippen LogP contribution in [0.25, 0.3) is 0 Å². The molecule has 0 saturated carbocycles. The van der Waals surface area contributed by atoms with Gasteiger partial charge in [0, 0.05) is 23.9 Å². The molecule has 0 aliphatic rings. The van der Waals surface area contributed by atoms with E-state index in [4.69, 9.17) is 0 Å². The van der Waals surface area contributed by atoms with Crippen LogP contribution in [-0.2, 0) is 11.9 Å². The molecule has 0 aromatic carbocycles. The monoisotopic (exact) mass is 265 g/mol. The first-order chi connectivity index (χ1) is 7.29. The molecule has 0 aliphatic carbocycles. The zero-order valence-electron chi connectivity index (χ0n) is 8.52. The van der Waals surface area contributed by atoms with Crippen LogP contribution in [0.1, 0.15) is 16.8 Å². The average molecular weight is 266 g/mol. The van der Waals surface area contributed by atoms with Gasteiger partial charge in [0.15, 0.2) is 0 Å². The number of alkyl halides is 1. The second-order valence-electron chi connectivity index (χ2n) is 3.47. The lowest BCUT2D eigenvalue weighted by atomic mass is 10.1. The molecule has 0 atom stereocenters. The first-order valence-corrected chi connectivity index (χ1v) is 5.88. The molecular weight excluding hydrogens is 254 g/mol. The Hall–Kier alpha value is -1.16. The van der Waals surface area contributed by atoms with E-state index in [1.165, 1.54) is 11.1 Å². The predicted molar refractivity (Wildman–Crippen MR) is 62.9 cm³/mol. The first-order valence-electron chi connectivity index (χ1n) is 4.75. The zero-order valence-corrected chi connectivity index (χ0v) is 10.1. The quantitative estimate of drug-likeness (QED) is 0.799. The molecule has 4 heteroatoms. The van der Waals surface area contributed by atoms with Gasteiger partial charge in [0.1, 0.15) is 0 Å². The third-order valence-electron chi connectivity index (χ3n) is 2.32. The molecule has 3 nitrogen and oxygen atoms in total. The highest BCUT2D eigenvalue weighted by atomic mass is 79.9. The standard InChI is InChI=1S/C11H12BrN3/c1-9-2-3-13-5-10(9)6-15-7-11(4-12)14-8-15/h2-3,5,7-8H,4,6H2,1H3. The van der Waals surface area contributed by atoms with Crippen molar-refractivity contribution in [3.8, 4) is 0 Å². The zero-order chi connectivity index (χ0) is 10.7. The van der Waals surface area contributed by atoms with E-state index in [-0.39, 0.29) is 0 Å². The molecule has 2 heterocycles. The van der Waals surface area contributed by atoms with Crippen LogP contribution in [-0.4, -0.2) is 14.5 Å². The van der Waals surface area contributed by atoms with Gasteiger partial charge < -0.3 is 4.57 Å². The van der Waals surface area contributed by atoms with E-state index < -0.39 is 0 Å². The number of hydrogen-bond acceptors (Lipinski definition) is 2. The van der Waals surface area contributed by atoms with E-state index in [1.807, 2.05) is 31.0 Å². The van der Waals surface area contributed by atoms with Gasteiger partial charge in [-0.05, 0) is 24.1 Å². The van der Waals surface area contributed by atoms with Crippen molar-refractivity contribution in [2.75, 3.05) is 0 Å². The lowest BCUT2D eigenvalue weighted by Gasteiger charge is -2.04. The minimum Gasteiger partial charge on any atom is -0.333 e. The summed E-state index contributed by atoms with van der Waals surface area (Å²) in [6.45, 7) is 2.93. The molecule has 0 fully saturated rings. The fourth-order valence-electron chi connectivity index (χ4n) is 1.42. The topological polar surface area (TPSA) is 30.7 Å². The van der Waals surface area contributed by atoms with Crippen LogP contribution in [0.4, 0.5) is 0 Å². The molecule has 0 bridgehead atoms. The lowest BCUT2D eigenvalue weighted by Crippen LogP contribution is -1.99. The number of nitrogens with zero attached hydrogens (tertiary/aromatic N) is 3. The summed E-state index contributed by atoms with van der Waals surface area (Å²) in [5.41, 5.74) is 3.55.